The third kappa shape index (κ3) is 3.60. The Hall–Kier alpha value is -1.52. The van der Waals surface area contributed by atoms with Crippen LogP contribution in [0, 0.1) is 18.2 Å². The topological polar surface area (TPSA) is 43.3 Å². The highest BCUT2D eigenvalue weighted by atomic mass is 35.5. The summed E-state index contributed by atoms with van der Waals surface area (Å²) < 4.78 is 30.6. The second-order valence-electron chi connectivity index (χ2n) is 4.97. The number of anilines is 1. The van der Waals surface area contributed by atoms with Gasteiger partial charge < -0.3 is 14.2 Å². The lowest BCUT2D eigenvalue weighted by atomic mass is 10.1. The Bertz CT molecular complexity index is 657. The van der Waals surface area contributed by atoms with Gasteiger partial charge in [-0.2, -0.15) is 5.10 Å². The maximum Gasteiger partial charge on any atom is 0.164 e. The molecule has 8 heteroatoms. The van der Waals surface area contributed by atoms with Crippen LogP contribution in [0.15, 0.2) is 17.2 Å². The van der Waals surface area contributed by atoms with Crippen LogP contribution in [0.25, 0.3) is 0 Å². The van der Waals surface area contributed by atoms with E-state index in [2.05, 4.69) is 11.0 Å². The van der Waals surface area contributed by atoms with Gasteiger partial charge in [0, 0.05) is 19.8 Å². The van der Waals surface area contributed by atoms with Crippen molar-refractivity contribution >= 4 is 35.1 Å². The fourth-order valence-electron chi connectivity index (χ4n) is 2.34. The highest BCUT2D eigenvalue weighted by molar-refractivity contribution is 6.32. The van der Waals surface area contributed by atoms with Gasteiger partial charge in [-0.25, -0.2) is 9.40 Å². The van der Waals surface area contributed by atoms with E-state index in [-0.39, 0.29) is 29.7 Å². The third-order valence-corrected chi connectivity index (χ3v) is 4.21. The van der Waals surface area contributed by atoms with Crippen LogP contribution in [0.5, 0.6) is 5.75 Å². The number of nitrogens with zero attached hydrogens (tertiary/aromatic N) is 2. The number of alkyl halides is 1. The Morgan fingerprint density at radius 3 is 2.88 bits per heavy atom. The van der Waals surface area contributed by atoms with Crippen molar-refractivity contribution in [3.8, 4) is 18.1 Å². The number of hydrogen-bond donors (Lipinski definition) is 0. The van der Waals surface area contributed by atoms with Crippen LogP contribution in [0.4, 0.5) is 10.1 Å². The van der Waals surface area contributed by atoms with E-state index < -0.39 is 16.9 Å². The molecule has 1 aromatic carbocycles. The molecule has 1 aliphatic rings. The molecule has 0 radical (unpaired) electrons. The third-order valence-electron chi connectivity index (χ3n) is 3.36. The summed E-state index contributed by atoms with van der Waals surface area (Å²) in [7, 11) is 1.52. The van der Waals surface area contributed by atoms with E-state index in [0.717, 1.165) is 6.07 Å². The summed E-state index contributed by atoms with van der Waals surface area (Å²) in [6.45, 7) is 2.40. The van der Waals surface area contributed by atoms with Crippen molar-refractivity contribution in [2.75, 3.05) is 31.9 Å². The molecular formula is C16H17Cl2FN2O3. The predicted octanol–water partition coefficient (Wildman–Crippen LogP) is 3.28. The van der Waals surface area contributed by atoms with Crippen LogP contribution in [-0.4, -0.2) is 44.2 Å². The quantitative estimate of drug-likeness (QED) is 0.417. The first-order chi connectivity index (χ1) is 11.5. The number of hydrogen-bond acceptors (Lipinski definition) is 5. The van der Waals surface area contributed by atoms with Gasteiger partial charge in [-0.1, -0.05) is 29.1 Å². The van der Waals surface area contributed by atoms with E-state index in [1.165, 1.54) is 24.4 Å². The van der Waals surface area contributed by atoms with Crippen LogP contribution in [0.2, 0.25) is 5.02 Å². The number of terminal acetylenes is 1. The molecule has 0 N–H and O–H groups in total. The van der Waals surface area contributed by atoms with Crippen molar-refractivity contribution in [3.63, 3.8) is 0 Å². The van der Waals surface area contributed by atoms with E-state index in [9.17, 15) is 4.39 Å². The molecule has 0 aliphatic carbocycles. The Kier molecular flexibility index (Phi) is 6.30. The number of hydrazone groups is 1. The molecule has 2 rings (SSSR count). The molecule has 0 fully saturated rings. The van der Waals surface area contributed by atoms with Gasteiger partial charge in [-0.05, 0) is 13.0 Å². The van der Waals surface area contributed by atoms with E-state index in [1.54, 1.807) is 0 Å². The zero-order valence-corrected chi connectivity index (χ0v) is 14.8. The van der Waals surface area contributed by atoms with Gasteiger partial charge in [-0.3, -0.25) is 0 Å². The first-order valence-corrected chi connectivity index (χ1v) is 7.97. The van der Waals surface area contributed by atoms with Crippen molar-refractivity contribution in [1.29, 1.82) is 0 Å². The standard InChI is InChI=1S/C16H17Cl2FN2O3/c1-4-6-23-14-8-13(12(19)7-11(14)17)21-15(18)16(9-20-21,10-22-3)24-5-2/h1,7-9,15H,5-6,10H2,2-3H3. The molecule has 0 spiro atoms. The molecule has 0 aromatic heterocycles. The summed E-state index contributed by atoms with van der Waals surface area (Å²) in [5.41, 5.74) is -1.70. The molecule has 2 unspecified atom stereocenters. The molecule has 1 heterocycles. The van der Waals surface area contributed by atoms with Gasteiger partial charge in [0.05, 0.1) is 17.8 Å². The van der Waals surface area contributed by atoms with E-state index in [4.69, 9.17) is 43.8 Å². The highest BCUT2D eigenvalue weighted by Gasteiger charge is 2.47. The largest absolute Gasteiger partial charge is 0.479 e. The van der Waals surface area contributed by atoms with Gasteiger partial charge in [0.15, 0.2) is 11.1 Å². The van der Waals surface area contributed by atoms with Crippen molar-refractivity contribution < 1.29 is 18.6 Å². The van der Waals surface area contributed by atoms with Gasteiger partial charge in [0.25, 0.3) is 0 Å². The maximum absolute atomic E-state index is 14.4. The molecule has 2 atom stereocenters. The lowest BCUT2D eigenvalue weighted by molar-refractivity contribution is -0.0317. The summed E-state index contributed by atoms with van der Waals surface area (Å²) in [4.78, 5) is 0. The molecule has 0 amide bonds. The van der Waals surface area contributed by atoms with E-state index in [1.807, 2.05) is 6.92 Å². The minimum absolute atomic E-state index is 0.00488. The summed E-state index contributed by atoms with van der Waals surface area (Å²) in [5.74, 6) is 1.97. The summed E-state index contributed by atoms with van der Waals surface area (Å²) in [6.07, 6.45) is 6.67. The smallest absolute Gasteiger partial charge is 0.164 e. The lowest BCUT2D eigenvalue weighted by Gasteiger charge is -2.32. The Labute approximate surface area is 150 Å². The number of methoxy groups -OCH3 is 1. The Morgan fingerprint density at radius 1 is 1.50 bits per heavy atom. The molecule has 24 heavy (non-hydrogen) atoms. The minimum atomic E-state index is -0.989. The predicted molar refractivity (Wildman–Crippen MR) is 92.6 cm³/mol. The Morgan fingerprint density at radius 2 is 2.25 bits per heavy atom. The monoisotopic (exact) mass is 374 g/mol. The average molecular weight is 375 g/mol. The molecule has 5 nitrogen and oxygen atoms in total. The van der Waals surface area contributed by atoms with Crippen LogP contribution in [0.3, 0.4) is 0 Å². The first kappa shape index (κ1) is 18.8. The van der Waals surface area contributed by atoms with Crippen LogP contribution >= 0.6 is 23.2 Å². The number of benzene rings is 1. The molecule has 130 valence electrons. The maximum atomic E-state index is 14.4. The fourth-order valence-corrected chi connectivity index (χ4v) is 2.89. The van der Waals surface area contributed by atoms with Crippen molar-refractivity contribution in [3.05, 3.63) is 23.0 Å². The van der Waals surface area contributed by atoms with Crippen molar-refractivity contribution in [2.24, 2.45) is 5.10 Å². The van der Waals surface area contributed by atoms with E-state index >= 15 is 0 Å². The first-order valence-electron chi connectivity index (χ1n) is 7.15. The fraction of sp³-hybridized carbons (Fsp3) is 0.438. The molecule has 0 saturated heterocycles. The molecular weight excluding hydrogens is 358 g/mol. The zero-order chi connectivity index (χ0) is 17.7. The van der Waals surface area contributed by atoms with Gasteiger partial charge in [-0.15, -0.1) is 6.42 Å². The van der Waals surface area contributed by atoms with Gasteiger partial charge >= 0.3 is 0 Å². The average Bonchev–Trinajstić information content (AvgIpc) is 2.85. The number of rotatable bonds is 7. The SMILES string of the molecule is C#CCOc1cc(N2N=CC(COC)(OCC)C2Cl)c(F)cc1Cl. The highest BCUT2D eigenvalue weighted by Crippen LogP contribution is 2.38. The number of ether oxygens (including phenoxy) is 3. The minimum Gasteiger partial charge on any atom is -0.479 e. The number of halogens is 3. The second-order valence-corrected chi connectivity index (χ2v) is 5.79. The van der Waals surface area contributed by atoms with Crippen LogP contribution in [-0.2, 0) is 9.47 Å². The van der Waals surface area contributed by atoms with Crippen molar-refractivity contribution in [1.82, 2.24) is 0 Å². The second kappa shape index (κ2) is 8.04. The molecule has 0 saturated carbocycles. The van der Waals surface area contributed by atoms with Gasteiger partial charge in [0.1, 0.15) is 23.9 Å². The lowest BCUT2D eigenvalue weighted by Crippen LogP contribution is -2.49. The molecule has 1 aliphatic heterocycles. The van der Waals surface area contributed by atoms with Crippen LogP contribution < -0.4 is 9.75 Å². The normalized spacial score (nSPS) is 22.7. The van der Waals surface area contributed by atoms with Gasteiger partial charge in [0.2, 0.25) is 0 Å². The Balaban J connectivity index is 2.35. The summed E-state index contributed by atoms with van der Waals surface area (Å²) in [5, 5.41) is 5.58. The van der Waals surface area contributed by atoms with Crippen LogP contribution in [0.1, 0.15) is 6.92 Å². The molecule has 0 bridgehead atoms. The molecule has 1 aromatic rings. The zero-order valence-electron chi connectivity index (χ0n) is 13.3. The summed E-state index contributed by atoms with van der Waals surface area (Å²) >= 11 is 12.5. The van der Waals surface area contributed by atoms with E-state index in [0.29, 0.717) is 6.61 Å². The summed E-state index contributed by atoms with van der Waals surface area (Å²) in [6, 6.07) is 2.52. The van der Waals surface area contributed by atoms with Crippen molar-refractivity contribution in [2.45, 2.75) is 18.0 Å².